The number of hydrogen-bond acceptors (Lipinski definition) is 6. The lowest BCUT2D eigenvalue weighted by Crippen LogP contribution is -2.23. The van der Waals surface area contributed by atoms with E-state index < -0.39 is 4.92 Å². The summed E-state index contributed by atoms with van der Waals surface area (Å²) in [5.74, 6) is 0.502. The van der Waals surface area contributed by atoms with Crippen LogP contribution in [0, 0.1) is 10.1 Å². The van der Waals surface area contributed by atoms with E-state index in [1.54, 1.807) is 18.2 Å². The van der Waals surface area contributed by atoms with Crippen LogP contribution in [-0.2, 0) is 0 Å². The van der Waals surface area contributed by atoms with Crippen LogP contribution in [0.2, 0.25) is 0 Å². The molecule has 2 aromatic carbocycles. The zero-order chi connectivity index (χ0) is 23.6. The lowest BCUT2D eigenvalue weighted by molar-refractivity contribution is -0.386. The van der Waals surface area contributed by atoms with E-state index in [4.69, 9.17) is 4.74 Å². The highest BCUT2D eigenvalue weighted by atomic mass is 79.9. The first-order chi connectivity index (χ1) is 15.1. The minimum Gasteiger partial charge on any atom is -0.483 e. The van der Waals surface area contributed by atoms with Crippen LogP contribution in [0.3, 0.4) is 0 Å². The van der Waals surface area contributed by atoms with Crippen molar-refractivity contribution in [3.05, 3.63) is 71.1 Å². The Hall–Kier alpha value is -2.59. The van der Waals surface area contributed by atoms with Crippen LogP contribution in [0.4, 0.5) is 5.69 Å². The van der Waals surface area contributed by atoms with Crippen LogP contribution < -0.4 is 10.3 Å². The average Bonchev–Trinajstić information content (AvgIpc) is 2.74. The number of benzene rings is 2. The van der Waals surface area contributed by atoms with E-state index in [-0.39, 0.29) is 29.0 Å². The van der Waals surface area contributed by atoms with E-state index in [1.165, 1.54) is 17.0 Å². The second-order valence-electron chi connectivity index (χ2n) is 7.58. The Labute approximate surface area is 201 Å². The van der Waals surface area contributed by atoms with Crippen LogP contribution in [0.1, 0.15) is 51.4 Å². The van der Waals surface area contributed by atoms with Crippen molar-refractivity contribution in [3.63, 3.8) is 0 Å². The van der Waals surface area contributed by atoms with Crippen molar-refractivity contribution in [2.45, 2.75) is 46.1 Å². The van der Waals surface area contributed by atoms with Crippen molar-refractivity contribution < 1.29 is 9.66 Å². The van der Waals surface area contributed by atoms with E-state index in [2.05, 4.69) is 41.9 Å². The molecule has 8 nitrogen and oxygen atoms in total. The summed E-state index contributed by atoms with van der Waals surface area (Å²) in [5, 5.41) is 16.4. The fourth-order valence-corrected chi connectivity index (χ4v) is 3.84. The Kier molecular flexibility index (Phi) is 7.45. The Morgan fingerprint density at radius 1 is 1.22 bits per heavy atom. The summed E-state index contributed by atoms with van der Waals surface area (Å²) in [6.45, 7) is 7.59. The third kappa shape index (κ3) is 5.07. The van der Waals surface area contributed by atoms with Crippen molar-refractivity contribution in [1.82, 2.24) is 9.66 Å². The maximum Gasteiger partial charge on any atom is 0.312 e. The molecule has 0 spiro atoms. The number of nitro benzene ring substituents is 1. The molecular formula is C22H22Br2N4O4. The Morgan fingerprint density at radius 2 is 1.94 bits per heavy atom. The number of ether oxygens (including phenoxy) is 1. The lowest BCUT2D eigenvalue weighted by Gasteiger charge is -2.15. The van der Waals surface area contributed by atoms with Gasteiger partial charge in [-0.1, -0.05) is 52.6 Å². The normalized spacial score (nSPS) is 12.6. The van der Waals surface area contributed by atoms with Crippen LogP contribution in [-0.4, -0.2) is 26.9 Å². The molecule has 0 bridgehead atoms. The molecular weight excluding hydrogens is 544 g/mol. The highest BCUT2D eigenvalue weighted by Gasteiger charge is 2.22. The molecule has 3 aromatic rings. The topological polar surface area (TPSA) is 99.6 Å². The maximum absolute atomic E-state index is 13.2. The van der Waals surface area contributed by atoms with Gasteiger partial charge in [-0.25, -0.2) is 4.98 Å². The van der Waals surface area contributed by atoms with Crippen LogP contribution >= 0.6 is 31.9 Å². The molecule has 168 valence electrons. The predicted octanol–water partition coefficient (Wildman–Crippen LogP) is 6.01. The monoisotopic (exact) mass is 564 g/mol. The molecule has 0 amide bonds. The van der Waals surface area contributed by atoms with Gasteiger partial charge in [-0.3, -0.25) is 14.9 Å². The minimum atomic E-state index is -0.499. The number of hydrogen-bond donors (Lipinski definition) is 0. The molecule has 0 N–H and O–H groups in total. The molecule has 10 heteroatoms. The molecule has 1 aromatic heterocycles. The number of fused-ring (bicyclic) bond motifs is 1. The Bertz CT molecular complexity index is 1270. The van der Waals surface area contributed by atoms with Gasteiger partial charge in [0.15, 0.2) is 0 Å². The van der Waals surface area contributed by atoms with E-state index in [9.17, 15) is 14.9 Å². The summed E-state index contributed by atoms with van der Waals surface area (Å²) >= 11 is 6.69. The first kappa shape index (κ1) is 24.1. The number of rotatable bonds is 7. The van der Waals surface area contributed by atoms with Gasteiger partial charge in [0.2, 0.25) is 5.75 Å². The average molecular weight is 566 g/mol. The maximum atomic E-state index is 13.2. The van der Waals surface area contributed by atoms with E-state index in [1.807, 2.05) is 33.8 Å². The number of nitro groups is 1. The van der Waals surface area contributed by atoms with Crippen molar-refractivity contribution in [3.8, 4) is 5.75 Å². The van der Waals surface area contributed by atoms with Gasteiger partial charge in [-0.05, 0) is 37.6 Å². The minimum absolute atomic E-state index is 0.0828. The van der Waals surface area contributed by atoms with Gasteiger partial charge in [0.25, 0.3) is 5.56 Å². The number of aromatic nitrogens is 2. The molecule has 3 rings (SSSR count). The zero-order valence-electron chi connectivity index (χ0n) is 18.0. The molecule has 0 aliphatic rings. The van der Waals surface area contributed by atoms with Crippen molar-refractivity contribution in [2.75, 3.05) is 0 Å². The Morgan fingerprint density at radius 3 is 2.56 bits per heavy atom. The quantitative estimate of drug-likeness (QED) is 0.198. The third-order valence-corrected chi connectivity index (χ3v) is 5.77. The van der Waals surface area contributed by atoms with Gasteiger partial charge in [0.1, 0.15) is 5.82 Å². The highest BCUT2D eigenvalue weighted by Crippen LogP contribution is 2.35. The van der Waals surface area contributed by atoms with Gasteiger partial charge < -0.3 is 4.74 Å². The molecule has 0 aliphatic heterocycles. The van der Waals surface area contributed by atoms with E-state index in [0.717, 1.165) is 4.47 Å². The molecule has 0 radical (unpaired) electrons. The van der Waals surface area contributed by atoms with Gasteiger partial charge in [0, 0.05) is 26.5 Å². The van der Waals surface area contributed by atoms with E-state index in [0.29, 0.717) is 33.2 Å². The smallest absolute Gasteiger partial charge is 0.312 e. The molecule has 32 heavy (non-hydrogen) atoms. The molecule has 0 fully saturated rings. The van der Waals surface area contributed by atoms with Crippen molar-refractivity contribution in [1.29, 1.82) is 0 Å². The zero-order valence-corrected chi connectivity index (χ0v) is 21.2. The Balaban J connectivity index is 2.23. The van der Waals surface area contributed by atoms with Gasteiger partial charge in [-0.2, -0.15) is 9.78 Å². The van der Waals surface area contributed by atoms with E-state index >= 15 is 0 Å². The number of nitrogens with zero attached hydrogens (tertiary/aromatic N) is 4. The van der Waals surface area contributed by atoms with Crippen LogP contribution in [0.25, 0.3) is 10.9 Å². The second-order valence-corrected chi connectivity index (χ2v) is 9.42. The highest BCUT2D eigenvalue weighted by molar-refractivity contribution is 9.10. The summed E-state index contributed by atoms with van der Waals surface area (Å²) in [7, 11) is 0. The van der Waals surface area contributed by atoms with Crippen molar-refractivity contribution >= 4 is 54.7 Å². The molecule has 0 unspecified atom stereocenters. The molecule has 0 saturated heterocycles. The SMILES string of the molecule is CC[C@@H](C)Oc1c(C=Nn2c(C(C)C)nc3ccc(Br)cc3c2=O)cc(Br)cc1[N+](=O)[O-]. The summed E-state index contributed by atoms with van der Waals surface area (Å²) in [4.78, 5) is 29.0. The fraction of sp³-hybridized carbons (Fsp3) is 0.318. The largest absolute Gasteiger partial charge is 0.483 e. The lowest BCUT2D eigenvalue weighted by atomic mass is 10.1. The van der Waals surface area contributed by atoms with Gasteiger partial charge in [-0.15, -0.1) is 0 Å². The van der Waals surface area contributed by atoms with Gasteiger partial charge >= 0.3 is 5.69 Å². The fourth-order valence-electron chi connectivity index (χ4n) is 3.02. The standard InChI is InChI=1S/C22H22Br2N4O4/c1-5-13(4)32-20-14(8-16(24)10-19(20)28(30)31)11-25-27-21(12(2)3)26-18-7-6-15(23)9-17(18)22(27)29/h6-13H,5H2,1-4H3/t13-/m1/s1. The second kappa shape index (κ2) is 9.91. The van der Waals surface area contributed by atoms with Crippen LogP contribution in [0.15, 0.2) is 49.2 Å². The third-order valence-electron chi connectivity index (χ3n) is 4.82. The summed E-state index contributed by atoms with van der Waals surface area (Å²) < 4.78 is 8.35. The van der Waals surface area contributed by atoms with Gasteiger partial charge in [0.05, 0.1) is 28.1 Å². The first-order valence-electron chi connectivity index (χ1n) is 10.0. The van der Waals surface area contributed by atoms with Crippen LogP contribution in [0.5, 0.6) is 5.75 Å². The molecule has 1 heterocycles. The summed E-state index contributed by atoms with van der Waals surface area (Å²) in [6, 6.07) is 8.35. The predicted molar refractivity (Wildman–Crippen MR) is 132 cm³/mol. The summed E-state index contributed by atoms with van der Waals surface area (Å²) in [5.41, 5.74) is 0.442. The first-order valence-corrected chi connectivity index (χ1v) is 11.6. The number of halogens is 2. The summed E-state index contributed by atoms with van der Waals surface area (Å²) in [6.07, 6.45) is 1.83. The van der Waals surface area contributed by atoms with Crippen molar-refractivity contribution in [2.24, 2.45) is 5.10 Å². The molecule has 1 atom stereocenters. The molecule has 0 aliphatic carbocycles. The molecule has 0 saturated carbocycles.